The lowest BCUT2D eigenvalue weighted by Crippen LogP contribution is -2.47. The van der Waals surface area contributed by atoms with E-state index < -0.39 is 48.5 Å². The highest BCUT2D eigenvalue weighted by Gasteiger charge is 2.43. The number of hydrogen-bond donors (Lipinski definition) is 4. The van der Waals surface area contributed by atoms with Gasteiger partial charge in [-0.2, -0.15) is 0 Å². The summed E-state index contributed by atoms with van der Waals surface area (Å²) in [5.41, 5.74) is 3.40. The van der Waals surface area contributed by atoms with Crippen molar-refractivity contribution >= 4 is 78.5 Å². The number of ether oxygens (including phenoxy) is 6. The van der Waals surface area contributed by atoms with Crippen LogP contribution in [0.1, 0.15) is 147 Å². The van der Waals surface area contributed by atoms with E-state index in [1.807, 2.05) is 97.1 Å². The van der Waals surface area contributed by atoms with Crippen molar-refractivity contribution in [2.45, 2.75) is 117 Å². The molecule has 9 aromatic rings. The van der Waals surface area contributed by atoms with Gasteiger partial charge in [-0.05, 0) is 117 Å². The monoisotopic (exact) mass is 1290 g/mol. The van der Waals surface area contributed by atoms with Gasteiger partial charge in [-0.3, -0.25) is 38.6 Å². The van der Waals surface area contributed by atoms with E-state index in [-0.39, 0.29) is 103 Å². The second-order valence-electron chi connectivity index (χ2n) is 29.6. The molecule has 496 valence electrons. The number of hydrogen-bond acceptors (Lipinski definition) is 14. The fourth-order valence-electron chi connectivity index (χ4n) is 12.7. The molecule has 2 fully saturated rings. The number of benzene rings is 9. The first-order valence-corrected chi connectivity index (χ1v) is 33.0. The Balaban J connectivity index is 1.12. The molecule has 0 bridgehead atoms. The normalized spacial score (nSPS) is 16.3. The quantitative estimate of drug-likeness (QED) is 0.0163. The lowest BCUT2D eigenvalue weighted by Gasteiger charge is -2.32. The standard InChI is InChI=1S/C78H82N6O12/c1-75(2,3)43-13-21-47(22-14-43)93-57-33-53-63-54(72(88)83(71(53)87)39-61(85)81-31-29-79-37-51-41-91-51)35-59(95-49-25-17-45(18-26-49)77(7,8)9)67-68-60(96-50-27-19-46(20-28-50)78(10,11)12)36-56-64-55(73(89)84(74(56)90)40-62(86)82-32-30-80-38-52-42-92-52)34-58(66(70(64)68)65(57)69(63)67)94-48-23-15-44(16-24-48)76(4,5)6/h13-28,33-36,51-52,79-80H,29-32,37-42H2,1-12H3,(H,81,85)(H,82,86). The molecule has 6 amide bonds. The topological polar surface area (TPSA) is 219 Å². The van der Waals surface area contributed by atoms with Crippen LogP contribution in [-0.2, 0) is 40.7 Å². The number of amides is 6. The Morgan fingerprint density at radius 1 is 0.375 bits per heavy atom. The molecule has 0 spiro atoms. The summed E-state index contributed by atoms with van der Waals surface area (Å²) in [6.07, 6.45) is 0.269. The summed E-state index contributed by atoms with van der Waals surface area (Å²) in [6.45, 7) is 28.0. The summed E-state index contributed by atoms with van der Waals surface area (Å²) in [6, 6.07) is 37.0. The lowest BCUT2D eigenvalue weighted by atomic mass is 9.80. The van der Waals surface area contributed by atoms with Gasteiger partial charge in [-0.1, -0.05) is 132 Å². The van der Waals surface area contributed by atoms with E-state index in [1.54, 1.807) is 24.3 Å². The summed E-state index contributed by atoms with van der Waals surface area (Å²) in [4.78, 5) is 92.8. The van der Waals surface area contributed by atoms with Gasteiger partial charge in [0.15, 0.2) is 0 Å². The molecule has 13 rings (SSSR count). The van der Waals surface area contributed by atoms with Crippen molar-refractivity contribution in [2.75, 3.05) is 65.6 Å². The summed E-state index contributed by atoms with van der Waals surface area (Å²) in [5.74, 6) is -2.06. The number of carbonyl (C=O) groups excluding carboxylic acids is 6. The third kappa shape index (κ3) is 13.1. The van der Waals surface area contributed by atoms with Gasteiger partial charge >= 0.3 is 0 Å². The number of fused-ring (bicyclic) bond motifs is 2. The molecular formula is C78H82N6O12. The van der Waals surface area contributed by atoms with Gasteiger partial charge in [-0.15, -0.1) is 0 Å². The number of carbonyl (C=O) groups is 6. The molecule has 4 aliphatic rings. The number of nitrogens with one attached hydrogen (secondary N) is 4. The maximum atomic E-state index is 15.7. The Labute approximate surface area is 558 Å². The maximum absolute atomic E-state index is 15.7. The Morgan fingerprint density at radius 2 is 0.615 bits per heavy atom. The summed E-state index contributed by atoms with van der Waals surface area (Å²) < 4.78 is 39.5. The van der Waals surface area contributed by atoms with Crippen molar-refractivity contribution in [3.05, 3.63) is 166 Å². The van der Waals surface area contributed by atoms with Crippen molar-refractivity contribution in [3.8, 4) is 46.0 Å². The average molecular weight is 1300 g/mol. The molecule has 0 radical (unpaired) electrons. The van der Waals surface area contributed by atoms with Gasteiger partial charge < -0.3 is 49.7 Å². The highest BCUT2D eigenvalue weighted by atomic mass is 16.6. The van der Waals surface area contributed by atoms with Crippen LogP contribution in [0.25, 0.3) is 43.1 Å². The SMILES string of the molecule is CC(C)(C)c1ccc(Oc2cc3c4c(cc(Oc5ccc(C(C)(C)C)cc5)c5c6c(Oc7ccc(C(C)(C)C)cc7)cc7c8c(cc(Oc9ccc(C(C)(C)C)cc9)c(c2c45)c86)C(=O)N(CC(=O)NCCNCC2CO2)C7=O)C(=O)N(CC(=O)NCCNCC2CO2)C3=O)cc1. The minimum absolute atomic E-state index is 0.0485. The molecular weight excluding hydrogens is 1210 g/mol. The number of imide groups is 2. The third-order valence-electron chi connectivity index (χ3n) is 18.3. The van der Waals surface area contributed by atoms with Crippen LogP contribution in [0.4, 0.5) is 0 Å². The minimum atomic E-state index is -0.755. The summed E-state index contributed by atoms with van der Waals surface area (Å²) >= 11 is 0. The van der Waals surface area contributed by atoms with Crippen LogP contribution in [-0.4, -0.2) is 123 Å². The molecule has 96 heavy (non-hydrogen) atoms. The fraction of sp³-hybridized carbons (Fsp3) is 0.359. The Kier molecular flexibility index (Phi) is 16.9. The van der Waals surface area contributed by atoms with Crippen LogP contribution < -0.4 is 40.2 Å². The molecule has 0 aliphatic carbocycles. The van der Waals surface area contributed by atoms with Crippen LogP contribution in [0.2, 0.25) is 0 Å². The first-order chi connectivity index (χ1) is 45.6. The van der Waals surface area contributed by atoms with Gasteiger partial charge in [0, 0.05) is 82.4 Å². The minimum Gasteiger partial charge on any atom is -0.457 e. The molecule has 0 saturated carbocycles. The zero-order chi connectivity index (χ0) is 67.9. The summed E-state index contributed by atoms with van der Waals surface area (Å²) in [5, 5.41) is 14.7. The predicted molar refractivity (Wildman–Crippen MR) is 370 cm³/mol. The van der Waals surface area contributed by atoms with Gasteiger partial charge in [0.2, 0.25) is 11.8 Å². The highest BCUT2D eigenvalue weighted by molar-refractivity contribution is 6.45. The number of epoxide rings is 2. The zero-order valence-electron chi connectivity index (χ0n) is 56.6. The molecule has 2 atom stereocenters. The number of rotatable bonds is 22. The predicted octanol–water partition coefficient (Wildman–Crippen LogP) is 13.5. The molecule has 4 N–H and O–H groups in total. The molecule has 18 nitrogen and oxygen atoms in total. The molecule has 2 unspecified atom stereocenters. The third-order valence-corrected chi connectivity index (χ3v) is 18.3. The van der Waals surface area contributed by atoms with Crippen LogP contribution in [0.3, 0.4) is 0 Å². The Hall–Kier alpha value is -9.46. The van der Waals surface area contributed by atoms with Gasteiger partial charge in [0.25, 0.3) is 23.6 Å². The van der Waals surface area contributed by atoms with Crippen molar-refractivity contribution in [1.82, 2.24) is 31.1 Å². The Bertz CT molecular complexity index is 4050. The van der Waals surface area contributed by atoms with E-state index in [9.17, 15) is 9.59 Å². The fourth-order valence-corrected chi connectivity index (χ4v) is 12.7. The van der Waals surface area contributed by atoms with Gasteiger partial charge in [0.05, 0.1) is 47.7 Å². The van der Waals surface area contributed by atoms with E-state index in [0.717, 1.165) is 32.1 Å². The molecule has 2 saturated heterocycles. The largest absolute Gasteiger partial charge is 0.457 e. The van der Waals surface area contributed by atoms with E-state index in [2.05, 4.69) is 104 Å². The highest BCUT2D eigenvalue weighted by Crippen LogP contribution is 2.58. The van der Waals surface area contributed by atoms with E-state index >= 15 is 19.2 Å². The Morgan fingerprint density at radius 3 is 0.833 bits per heavy atom. The number of nitrogens with zero attached hydrogens (tertiary/aromatic N) is 2. The second-order valence-corrected chi connectivity index (χ2v) is 29.6. The first-order valence-electron chi connectivity index (χ1n) is 33.0. The van der Waals surface area contributed by atoms with Gasteiger partial charge in [-0.25, -0.2) is 0 Å². The first kappa shape index (κ1) is 65.2. The van der Waals surface area contributed by atoms with Crippen molar-refractivity contribution in [3.63, 3.8) is 0 Å². The maximum Gasteiger partial charge on any atom is 0.262 e. The van der Waals surface area contributed by atoms with Crippen LogP contribution in [0.15, 0.2) is 121 Å². The van der Waals surface area contributed by atoms with Gasteiger partial charge in [0.1, 0.15) is 59.1 Å². The molecule has 4 aliphatic heterocycles. The van der Waals surface area contributed by atoms with Crippen LogP contribution in [0.5, 0.6) is 46.0 Å². The molecule has 0 aromatic heterocycles. The molecule has 9 aromatic carbocycles. The smallest absolute Gasteiger partial charge is 0.262 e. The van der Waals surface area contributed by atoms with Crippen molar-refractivity contribution in [2.24, 2.45) is 0 Å². The zero-order valence-corrected chi connectivity index (χ0v) is 56.6. The second kappa shape index (κ2) is 24.9. The van der Waals surface area contributed by atoms with Crippen molar-refractivity contribution in [1.29, 1.82) is 0 Å². The lowest BCUT2D eigenvalue weighted by molar-refractivity contribution is -0.122. The molecule has 4 heterocycles. The molecule has 18 heteroatoms. The van der Waals surface area contributed by atoms with Crippen molar-refractivity contribution < 1.29 is 57.2 Å². The van der Waals surface area contributed by atoms with E-state index in [0.29, 0.717) is 94.7 Å². The van der Waals surface area contributed by atoms with E-state index in [1.165, 1.54) is 0 Å². The van der Waals surface area contributed by atoms with Crippen LogP contribution in [0, 0.1) is 0 Å². The van der Waals surface area contributed by atoms with E-state index in [4.69, 9.17) is 28.4 Å². The average Bonchev–Trinajstić information content (AvgIpc) is 0.990. The summed E-state index contributed by atoms with van der Waals surface area (Å²) in [7, 11) is 0. The van der Waals surface area contributed by atoms with Crippen LogP contribution >= 0.6 is 0 Å².